The molecular formula is C20H23FN2O3. The Morgan fingerprint density at radius 3 is 2.77 bits per heavy atom. The summed E-state index contributed by atoms with van der Waals surface area (Å²) in [4.78, 5) is 14.1. The lowest BCUT2D eigenvalue weighted by atomic mass is 10.1. The number of hydrogen-bond donors (Lipinski definition) is 1. The molecule has 1 amide bonds. The number of rotatable bonds is 7. The topological polar surface area (TPSA) is 50.8 Å². The predicted molar refractivity (Wildman–Crippen MR) is 96.5 cm³/mol. The Bertz CT molecular complexity index is 711. The summed E-state index contributed by atoms with van der Waals surface area (Å²) in [6.45, 7) is 3.36. The second kappa shape index (κ2) is 9.31. The van der Waals surface area contributed by atoms with Crippen molar-refractivity contribution in [3.8, 4) is 5.75 Å². The largest absolute Gasteiger partial charge is 0.481 e. The zero-order valence-corrected chi connectivity index (χ0v) is 14.6. The first-order chi connectivity index (χ1) is 12.7. The lowest BCUT2D eigenvalue weighted by Crippen LogP contribution is -2.43. The maximum atomic E-state index is 13.4. The third-order valence-electron chi connectivity index (χ3n) is 4.27. The van der Waals surface area contributed by atoms with Crippen LogP contribution in [-0.4, -0.2) is 50.2 Å². The van der Waals surface area contributed by atoms with Crippen LogP contribution in [0.5, 0.6) is 5.75 Å². The molecule has 0 aromatic heterocycles. The molecule has 0 saturated carbocycles. The Labute approximate surface area is 152 Å². The molecule has 5 nitrogen and oxygen atoms in total. The summed E-state index contributed by atoms with van der Waals surface area (Å²) in [5.74, 6) is -0.650. The number of carbonyl (C=O) groups excluding carboxylic acids is 1. The molecule has 1 N–H and O–H groups in total. The Balaban J connectivity index is 1.37. The van der Waals surface area contributed by atoms with Crippen molar-refractivity contribution in [1.82, 2.24) is 10.2 Å². The molecule has 0 bridgehead atoms. The van der Waals surface area contributed by atoms with Crippen molar-refractivity contribution in [1.29, 1.82) is 0 Å². The van der Waals surface area contributed by atoms with E-state index >= 15 is 0 Å². The van der Waals surface area contributed by atoms with Gasteiger partial charge in [-0.1, -0.05) is 42.5 Å². The molecule has 1 atom stereocenters. The third kappa shape index (κ3) is 5.28. The van der Waals surface area contributed by atoms with E-state index in [-0.39, 0.29) is 24.4 Å². The molecule has 1 heterocycles. The van der Waals surface area contributed by atoms with Crippen LogP contribution in [0.4, 0.5) is 4.39 Å². The van der Waals surface area contributed by atoms with Gasteiger partial charge in [0, 0.05) is 26.2 Å². The molecule has 1 saturated heterocycles. The lowest BCUT2D eigenvalue weighted by molar-refractivity contribution is -0.123. The van der Waals surface area contributed by atoms with Gasteiger partial charge < -0.3 is 14.8 Å². The normalized spacial score (nSPS) is 17.7. The fourth-order valence-electron chi connectivity index (χ4n) is 2.88. The van der Waals surface area contributed by atoms with Crippen LogP contribution in [0.15, 0.2) is 54.6 Å². The fourth-order valence-corrected chi connectivity index (χ4v) is 2.88. The standard InChI is InChI=1S/C20H23FN2O3/c21-17-8-4-5-9-18(17)26-15-20(24)22-10-11-23-12-13-25-19(14-23)16-6-2-1-3-7-16/h1-9,19H,10-15H2,(H,22,24). The minimum absolute atomic E-state index is 0.0602. The molecule has 0 aliphatic carbocycles. The Morgan fingerprint density at radius 2 is 1.96 bits per heavy atom. The smallest absolute Gasteiger partial charge is 0.257 e. The van der Waals surface area contributed by atoms with E-state index in [1.54, 1.807) is 12.1 Å². The molecular weight excluding hydrogens is 335 g/mol. The van der Waals surface area contributed by atoms with Gasteiger partial charge in [-0.3, -0.25) is 9.69 Å². The molecule has 2 aromatic carbocycles. The molecule has 3 rings (SSSR count). The molecule has 0 radical (unpaired) electrons. The first-order valence-electron chi connectivity index (χ1n) is 8.75. The molecule has 1 unspecified atom stereocenters. The molecule has 138 valence electrons. The highest BCUT2D eigenvalue weighted by atomic mass is 19.1. The van der Waals surface area contributed by atoms with Crippen LogP contribution in [-0.2, 0) is 9.53 Å². The van der Waals surface area contributed by atoms with Crippen LogP contribution in [0.2, 0.25) is 0 Å². The number of amides is 1. The van der Waals surface area contributed by atoms with Gasteiger partial charge in [-0.2, -0.15) is 0 Å². The van der Waals surface area contributed by atoms with Gasteiger partial charge in [-0.15, -0.1) is 0 Å². The number of benzene rings is 2. The van der Waals surface area contributed by atoms with Crippen LogP contribution in [0, 0.1) is 5.82 Å². The SMILES string of the molecule is O=C(COc1ccccc1F)NCCN1CCOC(c2ccccc2)C1. The molecule has 1 aliphatic rings. The van der Waals surface area contributed by atoms with E-state index in [2.05, 4.69) is 22.3 Å². The summed E-state index contributed by atoms with van der Waals surface area (Å²) in [6.07, 6.45) is 0.0602. The van der Waals surface area contributed by atoms with E-state index in [0.29, 0.717) is 13.2 Å². The number of para-hydroxylation sites is 1. The van der Waals surface area contributed by atoms with Crippen molar-refractivity contribution in [2.24, 2.45) is 0 Å². The van der Waals surface area contributed by atoms with Gasteiger partial charge in [0.15, 0.2) is 18.2 Å². The van der Waals surface area contributed by atoms with Crippen LogP contribution < -0.4 is 10.1 Å². The average molecular weight is 358 g/mol. The number of hydrogen-bond acceptors (Lipinski definition) is 4. The fraction of sp³-hybridized carbons (Fsp3) is 0.350. The van der Waals surface area contributed by atoms with Crippen LogP contribution >= 0.6 is 0 Å². The van der Waals surface area contributed by atoms with E-state index in [1.165, 1.54) is 17.7 Å². The zero-order chi connectivity index (χ0) is 18.2. The van der Waals surface area contributed by atoms with Gasteiger partial charge in [0.25, 0.3) is 5.91 Å². The highest BCUT2D eigenvalue weighted by molar-refractivity contribution is 5.77. The second-order valence-electron chi connectivity index (χ2n) is 6.14. The summed E-state index contributed by atoms with van der Waals surface area (Å²) in [7, 11) is 0. The molecule has 1 aliphatic heterocycles. The third-order valence-corrected chi connectivity index (χ3v) is 4.27. The van der Waals surface area contributed by atoms with E-state index in [0.717, 1.165) is 19.6 Å². The van der Waals surface area contributed by atoms with Gasteiger partial charge >= 0.3 is 0 Å². The van der Waals surface area contributed by atoms with Crippen molar-refractivity contribution < 1.29 is 18.7 Å². The quantitative estimate of drug-likeness (QED) is 0.826. The number of nitrogens with one attached hydrogen (secondary N) is 1. The van der Waals surface area contributed by atoms with Gasteiger partial charge in [0.05, 0.1) is 12.7 Å². The van der Waals surface area contributed by atoms with Gasteiger partial charge in [0.2, 0.25) is 0 Å². The molecule has 0 spiro atoms. The van der Waals surface area contributed by atoms with Crippen molar-refractivity contribution in [3.63, 3.8) is 0 Å². The number of carbonyl (C=O) groups is 1. The first-order valence-corrected chi connectivity index (χ1v) is 8.75. The number of halogens is 1. The molecule has 1 fully saturated rings. The first kappa shape index (κ1) is 18.4. The predicted octanol–water partition coefficient (Wildman–Crippen LogP) is 2.39. The molecule has 26 heavy (non-hydrogen) atoms. The number of morpholine rings is 1. The van der Waals surface area contributed by atoms with Crippen molar-refractivity contribution >= 4 is 5.91 Å². The average Bonchev–Trinajstić information content (AvgIpc) is 2.68. The zero-order valence-electron chi connectivity index (χ0n) is 14.6. The number of nitrogens with zero attached hydrogens (tertiary/aromatic N) is 1. The van der Waals surface area contributed by atoms with E-state index < -0.39 is 5.82 Å². The Morgan fingerprint density at radius 1 is 1.19 bits per heavy atom. The number of ether oxygens (including phenoxy) is 2. The Kier molecular flexibility index (Phi) is 6.57. The van der Waals surface area contributed by atoms with Gasteiger partial charge in [0.1, 0.15) is 0 Å². The van der Waals surface area contributed by atoms with Crippen molar-refractivity contribution in [2.75, 3.05) is 39.4 Å². The van der Waals surface area contributed by atoms with E-state index in [9.17, 15) is 9.18 Å². The van der Waals surface area contributed by atoms with Crippen LogP contribution in [0.1, 0.15) is 11.7 Å². The highest BCUT2D eigenvalue weighted by Gasteiger charge is 2.21. The van der Waals surface area contributed by atoms with Crippen LogP contribution in [0.3, 0.4) is 0 Å². The maximum Gasteiger partial charge on any atom is 0.257 e. The molecule has 6 heteroatoms. The minimum Gasteiger partial charge on any atom is -0.481 e. The van der Waals surface area contributed by atoms with Gasteiger partial charge in [-0.05, 0) is 17.7 Å². The summed E-state index contributed by atoms with van der Waals surface area (Å²) in [5.41, 5.74) is 1.17. The summed E-state index contributed by atoms with van der Waals surface area (Å²) >= 11 is 0. The van der Waals surface area contributed by atoms with E-state index in [4.69, 9.17) is 9.47 Å². The molecule has 2 aromatic rings. The van der Waals surface area contributed by atoms with Crippen LogP contribution in [0.25, 0.3) is 0 Å². The lowest BCUT2D eigenvalue weighted by Gasteiger charge is -2.33. The van der Waals surface area contributed by atoms with Crippen molar-refractivity contribution in [2.45, 2.75) is 6.10 Å². The van der Waals surface area contributed by atoms with E-state index in [1.807, 2.05) is 18.2 Å². The maximum absolute atomic E-state index is 13.4. The highest BCUT2D eigenvalue weighted by Crippen LogP contribution is 2.21. The van der Waals surface area contributed by atoms with Gasteiger partial charge in [-0.25, -0.2) is 4.39 Å². The summed E-state index contributed by atoms with van der Waals surface area (Å²) in [5, 5.41) is 2.81. The monoisotopic (exact) mass is 358 g/mol. The van der Waals surface area contributed by atoms with Crippen molar-refractivity contribution in [3.05, 3.63) is 66.0 Å². The second-order valence-corrected chi connectivity index (χ2v) is 6.14. The Hall–Kier alpha value is -2.44. The summed E-state index contributed by atoms with van der Waals surface area (Å²) in [6, 6.07) is 16.2. The summed E-state index contributed by atoms with van der Waals surface area (Å²) < 4.78 is 24.5. The minimum atomic E-state index is -0.472.